The van der Waals surface area contributed by atoms with Gasteiger partial charge in [-0.15, -0.1) is 0 Å². The third kappa shape index (κ3) is 1.69. The van der Waals surface area contributed by atoms with E-state index in [0.29, 0.717) is 6.04 Å². The molecule has 1 aliphatic heterocycles. The second kappa shape index (κ2) is 2.84. The molecule has 0 aromatic carbocycles. The fourth-order valence-electron chi connectivity index (χ4n) is 1.11. The molecule has 0 spiro atoms. The number of piperidine rings is 1. The molecule has 50 valence electrons. The molecule has 2 heteroatoms. The summed E-state index contributed by atoms with van der Waals surface area (Å²) < 4.78 is 0. The minimum absolute atomic E-state index is 0.265. The summed E-state index contributed by atoms with van der Waals surface area (Å²) in [5.74, 6) is 0.265. The summed E-state index contributed by atoms with van der Waals surface area (Å²) in [5, 5.41) is 11.7. The lowest BCUT2D eigenvalue weighted by molar-refractivity contribution is 0.372. The maximum atomic E-state index is 8.49. The van der Waals surface area contributed by atoms with Crippen molar-refractivity contribution in [1.29, 1.82) is 5.26 Å². The zero-order valence-corrected chi connectivity index (χ0v) is 5.72. The summed E-state index contributed by atoms with van der Waals surface area (Å²) in [6.07, 6.45) is 2.23. The molecule has 0 bridgehead atoms. The van der Waals surface area contributed by atoms with Gasteiger partial charge in [-0.05, 0) is 19.8 Å². The Bertz CT molecular complexity index is 117. The minimum atomic E-state index is 0.265. The Morgan fingerprint density at radius 1 is 1.56 bits per heavy atom. The number of nitrogens with one attached hydrogen (secondary N) is 1. The van der Waals surface area contributed by atoms with Gasteiger partial charge in [0.05, 0.1) is 12.0 Å². The predicted octanol–water partition coefficient (Wildman–Crippen LogP) is 0.898. The molecule has 1 fully saturated rings. The Morgan fingerprint density at radius 2 is 2.33 bits per heavy atom. The molecule has 0 aromatic rings. The van der Waals surface area contributed by atoms with Crippen LogP contribution in [0.1, 0.15) is 19.8 Å². The van der Waals surface area contributed by atoms with Gasteiger partial charge in [-0.2, -0.15) is 5.26 Å². The summed E-state index contributed by atoms with van der Waals surface area (Å²) in [4.78, 5) is 0. The molecule has 0 amide bonds. The quantitative estimate of drug-likeness (QED) is 0.520. The summed E-state index contributed by atoms with van der Waals surface area (Å²) in [6.45, 7) is 3.05. The van der Waals surface area contributed by atoms with Crippen molar-refractivity contribution >= 4 is 0 Å². The van der Waals surface area contributed by atoms with E-state index in [2.05, 4.69) is 18.3 Å². The van der Waals surface area contributed by atoms with E-state index in [1.165, 1.54) is 0 Å². The third-order valence-electron chi connectivity index (χ3n) is 1.84. The van der Waals surface area contributed by atoms with Crippen LogP contribution in [0.15, 0.2) is 0 Å². The lowest BCUT2D eigenvalue weighted by atomic mass is 9.97. The fourth-order valence-corrected chi connectivity index (χ4v) is 1.11. The van der Waals surface area contributed by atoms with Gasteiger partial charge in [0.25, 0.3) is 0 Å². The highest BCUT2D eigenvalue weighted by atomic mass is 14.9. The highest BCUT2D eigenvalue weighted by molar-refractivity contribution is 4.88. The second-order valence-electron chi connectivity index (χ2n) is 2.71. The average molecular weight is 124 g/mol. The first-order valence-electron chi connectivity index (χ1n) is 3.46. The van der Waals surface area contributed by atoms with Crippen LogP contribution in [0.3, 0.4) is 0 Å². The molecule has 2 nitrogen and oxygen atoms in total. The van der Waals surface area contributed by atoms with Gasteiger partial charge in [0.1, 0.15) is 0 Å². The Hall–Kier alpha value is -0.550. The number of rotatable bonds is 0. The van der Waals surface area contributed by atoms with Crippen molar-refractivity contribution in [1.82, 2.24) is 5.32 Å². The molecule has 2 atom stereocenters. The van der Waals surface area contributed by atoms with Gasteiger partial charge >= 0.3 is 0 Å². The maximum absolute atomic E-state index is 8.49. The van der Waals surface area contributed by atoms with Gasteiger partial charge < -0.3 is 5.32 Å². The molecule has 1 heterocycles. The number of nitriles is 1. The third-order valence-corrected chi connectivity index (χ3v) is 1.84. The van der Waals surface area contributed by atoms with E-state index in [4.69, 9.17) is 5.26 Å². The molecule has 0 aliphatic carbocycles. The Morgan fingerprint density at radius 3 is 2.78 bits per heavy atom. The van der Waals surface area contributed by atoms with E-state index in [1.807, 2.05) is 0 Å². The van der Waals surface area contributed by atoms with Crippen LogP contribution in [0, 0.1) is 17.2 Å². The van der Waals surface area contributed by atoms with Crippen molar-refractivity contribution in [2.75, 3.05) is 6.54 Å². The van der Waals surface area contributed by atoms with Crippen molar-refractivity contribution in [2.24, 2.45) is 5.92 Å². The van der Waals surface area contributed by atoms with Crippen molar-refractivity contribution in [3.63, 3.8) is 0 Å². The number of hydrogen-bond donors (Lipinski definition) is 1. The van der Waals surface area contributed by atoms with Crippen LogP contribution < -0.4 is 5.32 Å². The normalized spacial score (nSPS) is 35.6. The first-order chi connectivity index (χ1) is 4.33. The van der Waals surface area contributed by atoms with Crippen LogP contribution in [0.2, 0.25) is 0 Å². The van der Waals surface area contributed by atoms with Crippen molar-refractivity contribution in [3.8, 4) is 6.07 Å². The van der Waals surface area contributed by atoms with Crippen LogP contribution in [-0.4, -0.2) is 12.6 Å². The van der Waals surface area contributed by atoms with Crippen LogP contribution in [0.4, 0.5) is 0 Å². The van der Waals surface area contributed by atoms with E-state index in [0.717, 1.165) is 19.4 Å². The molecule has 1 aliphatic rings. The topological polar surface area (TPSA) is 35.8 Å². The monoisotopic (exact) mass is 124 g/mol. The molecule has 0 radical (unpaired) electrons. The first kappa shape index (κ1) is 6.57. The first-order valence-corrected chi connectivity index (χ1v) is 3.46. The largest absolute Gasteiger partial charge is 0.313 e. The van der Waals surface area contributed by atoms with Gasteiger partial charge in [-0.3, -0.25) is 0 Å². The van der Waals surface area contributed by atoms with E-state index in [1.54, 1.807) is 0 Å². The van der Waals surface area contributed by atoms with Crippen LogP contribution >= 0.6 is 0 Å². The van der Waals surface area contributed by atoms with E-state index in [-0.39, 0.29) is 5.92 Å². The summed E-state index contributed by atoms with van der Waals surface area (Å²) in [6, 6.07) is 2.88. The zero-order chi connectivity index (χ0) is 6.69. The Kier molecular flexibility index (Phi) is 2.07. The molecule has 1 rings (SSSR count). The molecule has 0 unspecified atom stereocenters. The number of hydrogen-bond acceptors (Lipinski definition) is 2. The zero-order valence-electron chi connectivity index (χ0n) is 5.72. The molecule has 1 saturated heterocycles. The van der Waals surface area contributed by atoms with Crippen LogP contribution in [0.5, 0.6) is 0 Å². The lowest BCUT2D eigenvalue weighted by Crippen LogP contribution is -2.36. The van der Waals surface area contributed by atoms with Crippen LogP contribution in [-0.2, 0) is 0 Å². The standard InChI is InChI=1S/C7H12N2/c1-6-2-3-7(4-8)5-9-6/h6-7,9H,2-3,5H2,1H3/t6-,7-/m0/s1. The molecule has 0 saturated carbocycles. The SMILES string of the molecule is C[C@H]1CC[C@@H](C#N)CN1. The van der Waals surface area contributed by atoms with Gasteiger partial charge in [0.15, 0.2) is 0 Å². The highest BCUT2D eigenvalue weighted by Crippen LogP contribution is 2.11. The molecular formula is C7H12N2. The average Bonchev–Trinajstić information content (AvgIpc) is 1.90. The van der Waals surface area contributed by atoms with Gasteiger partial charge in [0, 0.05) is 12.6 Å². The molecule has 1 N–H and O–H groups in total. The van der Waals surface area contributed by atoms with Crippen molar-refractivity contribution in [2.45, 2.75) is 25.8 Å². The summed E-state index contributed by atoms with van der Waals surface area (Å²) >= 11 is 0. The van der Waals surface area contributed by atoms with Gasteiger partial charge in [0.2, 0.25) is 0 Å². The van der Waals surface area contributed by atoms with Gasteiger partial charge in [-0.25, -0.2) is 0 Å². The second-order valence-corrected chi connectivity index (χ2v) is 2.71. The lowest BCUT2D eigenvalue weighted by Gasteiger charge is -2.22. The molecule has 0 aromatic heterocycles. The van der Waals surface area contributed by atoms with Crippen molar-refractivity contribution < 1.29 is 0 Å². The highest BCUT2D eigenvalue weighted by Gasteiger charge is 2.15. The molecular weight excluding hydrogens is 112 g/mol. The predicted molar refractivity (Wildman–Crippen MR) is 35.8 cm³/mol. The fraction of sp³-hybridized carbons (Fsp3) is 0.857. The number of nitrogens with zero attached hydrogens (tertiary/aromatic N) is 1. The summed E-state index contributed by atoms with van der Waals surface area (Å²) in [7, 11) is 0. The molecule has 9 heavy (non-hydrogen) atoms. The van der Waals surface area contributed by atoms with Gasteiger partial charge in [-0.1, -0.05) is 0 Å². The smallest absolute Gasteiger partial charge is 0.0669 e. The van der Waals surface area contributed by atoms with E-state index in [9.17, 15) is 0 Å². The summed E-state index contributed by atoms with van der Waals surface area (Å²) in [5.41, 5.74) is 0. The van der Waals surface area contributed by atoms with E-state index >= 15 is 0 Å². The van der Waals surface area contributed by atoms with Crippen LogP contribution in [0.25, 0.3) is 0 Å². The maximum Gasteiger partial charge on any atom is 0.0669 e. The minimum Gasteiger partial charge on any atom is -0.313 e. The Balaban J connectivity index is 2.28. The Labute approximate surface area is 55.9 Å². The van der Waals surface area contributed by atoms with E-state index < -0.39 is 0 Å². The van der Waals surface area contributed by atoms with Crippen molar-refractivity contribution in [3.05, 3.63) is 0 Å².